The largest absolute Gasteiger partial charge is 0.416 e. The number of ketones is 1. The molecule has 3 heterocycles. The van der Waals surface area contributed by atoms with Crippen molar-refractivity contribution in [2.75, 3.05) is 20.1 Å². The van der Waals surface area contributed by atoms with E-state index in [9.17, 15) is 22.8 Å². The molecule has 3 aromatic rings. The standard InChI is InChI=1S/C25H26F3N5O2S/c1-15(34)20-10-30-33(14-20)24(35)32-12-18-7-21(8-19(18)13-32)31(2)11-17-4-3-16(23-29-5-6-36-23)9-22(17)25(26,27)28/h3-6,9-10,14,18-19,21H,7-8,11-13H2,1-2H3/t18-,19+,21?. The van der Waals surface area contributed by atoms with Crippen LogP contribution in [-0.4, -0.2) is 62.6 Å². The first-order chi connectivity index (χ1) is 17.1. The second-order valence-corrected chi connectivity index (χ2v) is 10.6. The van der Waals surface area contributed by atoms with Gasteiger partial charge in [-0.15, -0.1) is 11.3 Å². The van der Waals surface area contributed by atoms with Crippen LogP contribution in [0.15, 0.2) is 42.2 Å². The summed E-state index contributed by atoms with van der Waals surface area (Å²) in [5, 5.41) is 6.33. The molecule has 3 atom stereocenters. The summed E-state index contributed by atoms with van der Waals surface area (Å²) in [6.07, 6.45) is 1.61. The summed E-state index contributed by atoms with van der Waals surface area (Å²) in [6.45, 7) is 2.79. The van der Waals surface area contributed by atoms with E-state index in [2.05, 4.69) is 10.1 Å². The predicted octanol–water partition coefficient (Wildman–Crippen LogP) is 5.04. The quantitative estimate of drug-likeness (QED) is 0.444. The van der Waals surface area contributed by atoms with Crippen LogP contribution in [0.25, 0.3) is 10.6 Å². The van der Waals surface area contributed by atoms with Crippen molar-refractivity contribution < 1.29 is 22.8 Å². The first kappa shape index (κ1) is 24.6. The number of carbonyl (C=O) groups excluding carboxylic acids is 2. The van der Waals surface area contributed by atoms with Gasteiger partial charge in [-0.25, -0.2) is 9.78 Å². The molecule has 11 heteroatoms. The number of amides is 1. The number of fused-ring (bicyclic) bond motifs is 1. The van der Waals surface area contributed by atoms with E-state index >= 15 is 0 Å². The van der Waals surface area contributed by atoms with Crippen molar-refractivity contribution >= 4 is 23.2 Å². The van der Waals surface area contributed by atoms with E-state index in [1.54, 1.807) is 28.6 Å². The summed E-state index contributed by atoms with van der Waals surface area (Å²) in [6, 6.07) is 4.35. The third kappa shape index (κ3) is 4.81. The number of hydrogen-bond donors (Lipinski definition) is 0. The molecule has 2 aliphatic rings. The van der Waals surface area contributed by atoms with Crippen molar-refractivity contribution in [3.63, 3.8) is 0 Å². The Morgan fingerprint density at radius 3 is 2.50 bits per heavy atom. The number of thiazole rings is 1. The van der Waals surface area contributed by atoms with E-state index in [4.69, 9.17) is 0 Å². The van der Waals surface area contributed by atoms with E-state index in [0.717, 1.165) is 12.8 Å². The number of alkyl halides is 3. The number of benzene rings is 1. The van der Waals surface area contributed by atoms with Gasteiger partial charge in [0.2, 0.25) is 0 Å². The molecule has 1 unspecified atom stereocenters. The van der Waals surface area contributed by atoms with Gasteiger partial charge in [0, 0.05) is 49.0 Å². The Labute approximate surface area is 210 Å². The van der Waals surface area contributed by atoms with Crippen LogP contribution in [0, 0.1) is 11.8 Å². The molecule has 190 valence electrons. The van der Waals surface area contributed by atoms with Crippen LogP contribution in [-0.2, 0) is 12.7 Å². The van der Waals surface area contributed by atoms with Crippen molar-refractivity contribution in [3.05, 3.63) is 58.9 Å². The lowest BCUT2D eigenvalue weighted by Gasteiger charge is -2.27. The fraction of sp³-hybridized carbons (Fsp3) is 0.440. The number of Topliss-reactive ketones (excluding diaryl/α,β-unsaturated/α-hetero) is 1. The Morgan fingerprint density at radius 1 is 1.19 bits per heavy atom. The van der Waals surface area contributed by atoms with Crippen LogP contribution < -0.4 is 0 Å². The van der Waals surface area contributed by atoms with Crippen LogP contribution >= 0.6 is 11.3 Å². The Morgan fingerprint density at radius 2 is 1.92 bits per heavy atom. The van der Waals surface area contributed by atoms with Gasteiger partial charge in [0.25, 0.3) is 0 Å². The first-order valence-corrected chi connectivity index (χ1v) is 12.6. The van der Waals surface area contributed by atoms with E-state index in [1.807, 2.05) is 11.9 Å². The van der Waals surface area contributed by atoms with Gasteiger partial charge in [-0.05, 0) is 50.3 Å². The van der Waals surface area contributed by atoms with Crippen LogP contribution in [0.1, 0.15) is 41.3 Å². The molecule has 0 bridgehead atoms. The second-order valence-electron chi connectivity index (χ2n) is 9.68. The van der Waals surface area contributed by atoms with Gasteiger partial charge in [-0.3, -0.25) is 9.69 Å². The fourth-order valence-corrected chi connectivity index (χ4v) is 6.05. The Kier molecular flexibility index (Phi) is 6.46. The normalized spacial score (nSPS) is 21.8. The SMILES string of the molecule is CC(=O)c1cnn(C(=O)N2C[C@H]3CC(N(C)Cc4ccc(-c5nccs5)cc4C(F)(F)F)C[C@H]3C2)c1. The lowest BCUT2D eigenvalue weighted by Crippen LogP contribution is -2.36. The summed E-state index contributed by atoms with van der Waals surface area (Å²) < 4.78 is 42.9. The number of aromatic nitrogens is 3. The molecule has 1 saturated carbocycles. The molecule has 0 N–H and O–H groups in total. The Balaban J connectivity index is 1.23. The molecule has 2 aromatic heterocycles. The molecule has 7 nitrogen and oxygen atoms in total. The lowest BCUT2D eigenvalue weighted by molar-refractivity contribution is -0.138. The zero-order chi connectivity index (χ0) is 25.6. The third-order valence-corrected chi connectivity index (χ3v) is 8.14. The van der Waals surface area contributed by atoms with Gasteiger partial charge in [0.1, 0.15) is 5.01 Å². The van der Waals surface area contributed by atoms with Crippen LogP contribution in [0.2, 0.25) is 0 Å². The molecule has 36 heavy (non-hydrogen) atoms. The average Bonchev–Trinajstić information content (AvgIpc) is 3.62. The molecule has 2 fully saturated rings. The van der Waals surface area contributed by atoms with Gasteiger partial charge in [0.15, 0.2) is 5.78 Å². The minimum Gasteiger partial charge on any atom is -0.322 e. The topological polar surface area (TPSA) is 71.3 Å². The van der Waals surface area contributed by atoms with Gasteiger partial charge >= 0.3 is 12.2 Å². The van der Waals surface area contributed by atoms with Crippen LogP contribution in [0.5, 0.6) is 0 Å². The maximum Gasteiger partial charge on any atom is 0.416 e. The lowest BCUT2D eigenvalue weighted by atomic mass is 10.0. The molecule has 1 aliphatic carbocycles. The molecule has 5 rings (SSSR count). The highest BCUT2D eigenvalue weighted by Crippen LogP contribution is 2.41. The maximum absolute atomic E-state index is 13.9. The minimum absolute atomic E-state index is 0.144. The van der Waals surface area contributed by atoms with Crippen molar-refractivity contribution in [2.24, 2.45) is 11.8 Å². The van der Waals surface area contributed by atoms with E-state index < -0.39 is 11.7 Å². The fourth-order valence-electron chi connectivity index (χ4n) is 5.41. The number of carbonyl (C=O) groups is 2. The zero-order valence-electron chi connectivity index (χ0n) is 19.9. The molecule has 1 amide bonds. The molecule has 1 aromatic carbocycles. The molecule has 0 spiro atoms. The number of halogens is 3. The van der Waals surface area contributed by atoms with Crippen LogP contribution in [0.4, 0.5) is 18.0 Å². The van der Waals surface area contributed by atoms with Gasteiger partial charge < -0.3 is 4.90 Å². The smallest absolute Gasteiger partial charge is 0.322 e. The summed E-state index contributed by atoms with van der Waals surface area (Å²) >= 11 is 1.31. The van der Waals surface area contributed by atoms with Gasteiger partial charge in [-0.2, -0.15) is 23.0 Å². The van der Waals surface area contributed by atoms with E-state index in [1.165, 1.54) is 41.4 Å². The van der Waals surface area contributed by atoms with Gasteiger partial charge in [-0.1, -0.05) is 12.1 Å². The van der Waals surface area contributed by atoms with Crippen LogP contribution in [0.3, 0.4) is 0 Å². The van der Waals surface area contributed by atoms with E-state index in [0.29, 0.717) is 41.1 Å². The summed E-state index contributed by atoms with van der Waals surface area (Å²) in [5.41, 5.74) is 0.485. The van der Waals surface area contributed by atoms with Gasteiger partial charge in [0.05, 0.1) is 17.3 Å². The zero-order valence-corrected chi connectivity index (χ0v) is 20.7. The number of nitrogens with zero attached hydrogens (tertiary/aromatic N) is 5. The van der Waals surface area contributed by atoms with Crippen molar-refractivity contribution in [3.8, 4) is 10.6 Å². The molecule has 0 radical (unpaired) electrons. The molecular weight excluding hydrogens is 491 g/mol. The highest BCUT2D eigenvalue weighted by molar-refractivity contribution is 7.13. The molecular formula is C25H26F3N5O2S. The van der Waals surface area contributed by atoms with Crippen molar-refractivity contribution in [1.82, 2.24) is 24.6 Å². The highest BCUT2D eigenvalue weighted by atomic mass is 32.1. The monoisotopic (exact) mass is 517 g/mol. The Bertz CT molecular complexity index is 1260. The van der Waals surface area contributed by atoms with Crippen molar-refractivity contribution in [2.45, 2.75) is 38.5 Å². The Hall–Kier alpha value is -3.05. The first-order valence-electron chi connectivity index (χ1n) is 11.7. The average molecular weight is 518 g/mol. The minimum atomic E-state index is -4.45. The molecule has 1 saturated heterocycles. The predicted molar refractivity (Wildman–Crippen MR) is 129 cm³/mol. The highest BCUT2D eigenvalue weighted by Gasteiger charge is 2.44. The van der Waals surface area contributed by atoms with E-state index in [-0.39, 0.29) is 30.0 Å². The summed E-state index contributed by atoms with van der Waals surface area (Å²) in [4.78, 5) is 32.2. The number of hydrogen-bond acceptors (Lipinski definition) is 6. The third-order valence-electron chi connectivity index (χ3n) is 7.32. The summed E-state index contributed by atoms with van der Waals surface area (Å²) in [5.74, 6) is 0.432. The summed E-state index contributed by atoms with van der Waals surface area (Å²) in [7, 11) is 1.87. The number of rotatable bonds is 5. The second kappa shape index (κ2) is 9.44. The maximum atomic E-state index is 13.9. The van der Waals surface area contributed by atoms with Crippen molar-refractivity contribution in [1.29, 1.82) is 0 Å². The number of likely N-dealkylation sites (tertiary alicyclic amines) is 1. The molecule has 1 aliphatic heterocycles.